The van der Waals surface area contributed by atoms with Gasteiger partial charge in [0.25, 0.3) is 0 Å². The summed E-state index contributed by atoms with van der Waals surface area (Å²) in [5, 5.41) is -1.02. The number of amides is 1. The summed E-state index contributed by atoms with van der Waals surface area (Å²) in [5.41, 5.74) is 7.12. The van der Waals surface area contributed by atoms with E-state index in [1.165, 1.54) is 11.8 Å². The van der Waals surface area contributed by atoms with Crippen LogP contribution in [0.3, 0.4) is 0 Å². The molecule has 1 amide bonds. The Kier molecular flexibility index (Phi) is 4.34. The zero-order valence-corrected chi connectivity index (χ0v) is 11.6. The molecule has 6 heteroatoms. The van der Waals surface area contributed by atoms with Crippen LogP contribution < -0.4 is 5.73 Å². The number of nitrogens with zero attached hydrogens (tertiary/aromatic N) is 1. The van der Waals surface area contributed by atoms with Crippen molar-refractivity contribution in [3.8, 4) is 0 Å². The number of rotatable bonds is 4. The lowest BCUT2D eigenvalue weighted by Crippen LogP contribution is -2.38. The minimum absolute atomic E-state index is 0.337. The number of nitrogens with two attached hydrogens (primary N) is 1. The molecule has 5 nitrogen and oxygen atoms in total. The van der Waals surface area contributed by atoms with Crippen molar-refractivity contribution in [2.24, 2.45) is 0 Å². The molecule has 0 bridgehead atoms. The number of carbonyl (C=O) groups excluding carboxylic acids is 1. The van der Waals surface area contributed by atoms with Gasteiger partial charge >= 0.3 is 0 Å². The van der Waals surface area contributed by atoms with Crippen molar-refractivity contribution in [3.63, 3.8) is 0 Å². The van der Waals surface area contributed by atoms with Crippen molar-refractivity contribution in [1.29, 1.82) is 0 Å². The Morgan fingerprint density at radius 1 is 1.44 bits per heavy atom. The Morgan fingerprint density at radius 2 is 2.06 bits per heavy atom. The van der Waals surface area contributed by atoms with Crippen LogP contribution in [0.1, 0.15) is 12.5 Å². The summed E-state index contributed by atoms with van der Waals surface area (Å²) in [6.45, 7) is 1.73. The van der Waals surface area contributed by atoms with E-state index >= 15 is 0 Å². The molecule has 0 fully saturated rings. The summed E-state index contributed by atoms with van der Waals surface area (Å²) >= 11 is 0. The predicted octanol–water partition coefficient (Wildman–Crippen LogP) is 0.660. The lowest BCUT2D eigenvalue weighted by Gasteiger charge is -2.20. The first-order chi connectivity index (χ1) is 8.21. The molecule has 100 valence electrons. The summed E-state index contributed by atoms with van der Waals surface area (Å²) in [7, 11) is -1.79. The number of benzene rings is 1. The topological polar surface area (TPSA) is 80.5 Å². The van der Waals surface area contributed by atoms with Gasteiger partial charge in [-0.25, -0.2) is 8.42 Å². The van der Waals surface area contributed by atoms with E-state index < -0.39 is 21.0 Å². The Hall–Kier alpha value is -1.56. The molecule has 1 aromatic carbocycles. The zero-order chi connectivity index (χ0) is 13.9. The second-order valence-corrected chi connectivity index (χ2v) is 6.78. The maximum atomic E-state index is 11.9. The Morgan fingerprint density at radius 3 is 2.56 bits per heavy atom. The molecular weight excluding hydrogens is 252 g/mol. The van der Waals surface area contributed by atoms with Gasteiger partial charge in [-0.3, -0.25) is 4.79 Å². The Bertz CT molecular complexity index is 540. The molecule has 1 atom stereocenters. The smallest absolute Gasteiger partial charge is 0.240 e. The first-order valence-corrected chi connectivity index (χ1v) is 7.45. The lowest BCUT2D eigenvalue weighted by atomic mass is 10.2. The largest absolute Gasteiger partial charge is 0.399 e. The molecule has 0 aliphatic rings. The zero-order valence-electron chi connectivity index (χ0n) is 10.8. The van der Waals surface area contributed by atoms with Gasteiger partial charge in [0.2, 0.25) is 5.91 Å². The standard InChI is InChI=1S/C12H18N2O3S/c1-9(18(3,16)17)12(15)14(2)8-10-5-4-6-11(13)7-10/h4-7,9H,8,13H2,1-3H3. The number of anilines is 1. The lowest BCUT2D eigenvalue weighted by molar-refractivity contribution is -0.129. The maximum Gasteiger partial charge on any atom is 0.240 e. The van der Waals surface area contributed by atoms with Gasteiger partial charge in [-0.2, -0.15) is 0 Å². The van der Waals surface area contributed by atoms with Crippen LogP contribution >= 0.6 is 0 Å². The van der Waals surface area contributed by atoms with Crippen molar-refractivity contribution in [3.05, 3.63) is 29.8 Å². The van der Waals surface area contributed by atoms with Gasteiger partial charge in [-0.05, 0) is 24.6 Å². The van der Waals surface area contributed by atoms with E-state index in [-0.39, 0.29) is 0 Å². The number of sulfone groups is 1. The van der Waals surface area contributed by atoms with Gasteiger partial charge in [0.15, 0.2) is 9.84 Å². The summed E-state index contributed by atoms with van der Waals surface area (Å²) in [6.07, 6.45) is 1.06. The van der Waals surface area contributed by atoms with Gasteiger partial charge in [-0.15, -0.1) is 0 Å². The van der Waals surface area contributed by atoms with Crippen LogP contribution in [0.25, 0.3) is 0 Å². The average Bonchev–Trinajstić information content (AvgIpc) is 2.25. The number of nitrogen functional groups attached to an aromatic ring is 1. The molecular formula is C12H18N2O3S. The van der Waals surface area contributed by atoms with Gasteiger partial charge in [0.1, 0.15) is 5.25 Å². The van der Waals surface area contributed by atoms with Gasteiger partial charge in [0.05, 0.1) is 0 Å². The summed E-state index contributed by atoms with van der Waals surface area (Å²) in [5.74, 6) is -0.417. The molecule has 0 radical (unpaired) electrons. The number of carbonyl (C=O) groups is 1. The van der Waals surface area contributed by atoms with Crippen LogP contribution in [-0.4, -0.2) is 37.8 Å². The first-order valence-electron chi connectivity index (χ1n) is 5.50. The normalized spacial score (nSPS) is 13.1. The molecule has 0 saturated heterocycles. The van der Waals surface area contributed by atoms with Gasteiger partial charge in [-0.1, -0.05) is 12.1 Å². The molecule has 18 heavy (non-hydrogen) atoms. The van der Waals surface area contributed by atoms with Crippen molar-refractivity contribution in [2.45, 2.75) is 18.7 Å². The fourth-order valence-electron chi connectivity index (χ4n) is 1.54. The summed E-state index contributed by atoms with van der Waals surface area (Å²) in [4.78, 5) is 13.3. The fraction of sp³-hybridized carbons (Fsp3) is 0.417. The van der Waals surface area contributed by atoms with Crippen LogP contribution in [0, 0.1) is 0 Å². The van der Waals surface area contributed by atoms with E-state index in [0.717, 1.165) is 11.8 Å². The molecule has 0 aliphatic heterocycles. The Labute approximate surface area is 108 Å². The molecule has 1 aromatic rings. The highest BCUT2D eigenvalue weighted by Gasteiger charge is 2.26. The van der Waals surface area contributed by atoms with E-state index in [0.29, 0.717) is 12.2 Å². The molecule has 0 heterocycles. The molecule has 1 rings (SSSR count). The molecule has 0 spiro atoms. The van der Waals surface area contributed by atoms with E-state index in [4.69, 9.17) is 5.73 Å². The highest BCUT2D eigenvalue weighted by Crippen LogP contribution is 2.11. The van der Waals surface area contributed by atoms with Crippen LogP contribution in [0.5, 0.6) is 0 Å². The van der Waals surface area contributed by atoms with E-state index in [1.54, 1.807) is 25.2 Å². The van der Waals surface area contributed by atoms with Crippen molar-refractivity contribution in [2.75, 3.05) is 19.0 Å². The minimum atomic E-state index is -3.36. The maximum absolute atomic E-state index is 11.9. The fourth-order valence-corrected chi connectivity index (χ4v) is 2.08. The number of hydrogen-bond acceptors (Lipinski definition) is 4. The van der Waals surface area contributed by atoms with E-state index in [2.05, 4.69) is 0 Å². The van der Waals surface area contributed by atoms with Crippen molar-refractivity contribution < 1.29 is 13.2 Å². The van der Waals surface area contributed by atoms with E-state index in [1.807, 2.05) is 6.07 Å². The second-order valence-electron chi connectivity index (χ2n) is 4.41. The van der Waals surface area contributed by atoms with Crippen molar-refractivity contribution >= 4 is 21.4 Å². The third kappa shape index (κ3) is 3.73. The molecule has 0 saturated carbocycles. The van der Waals surface area contributed by atoms with Crippen LogP contribution in [0.15, 0.2) is 24.3 Å². The molecule has 1 unspecified atom stereocenters. The van der Waals surface area contributed by atoms with Crippen LogP contribution in [0.2, 0.25) is 0 Å². The summed E-state index contributed by atoms with van der Waals surface area (Å²) in [6, 6.07) is 7.15. The van der Waals surface area contributed by atoms with Gasteiger partial charge < -0.3 is 10.6 Å². The van der Waals surface area contributed by atoms with Crippen LogP contribution in [0.4, 0.5) is 5.69 Å². The van der Waals surface area contributed by atoms with E-state index in [9.17, 15) is 13.2 Å². The van der Waals surface area contributed by atoms with Crippen molar-refractivity contribution in [1.82, 2.24) is 4.90 Å². The third-order valence-electron chi connectivity index (χ3n) is 2.74. The second kappa shape index (κ2) is 5.39. The first kappa shape index (κ1) is 14.5. The monoisotopic (exact) mass is 270 g/mol. The highest BCUT2D eigenvalue weighted by atomic mass is 32.2. The summed E-state index contributed by atoms with van der Waals surface area (Å²) < 4.78 is 22.6. The Balaban J connectivity index is 2.77. The number of hydrogen-bond donors (Lipinski definition) is 1. The third-order valence-corrected chi connectivity index (χ3v) is 4.22. The molecule has 0 aliphatic carbocycles. The average molecular weight is 270 g/mol. The molecule has 2 N–H and O–H groups in total. The molecule has 0 aromatic heterocycles. The quantitative estimate of drug-likeness (QED) is 0.815. The SMILES string of the molecule is CC(C(=O)N(C)Cc1cccc(N)c1)S(C)(=O)=O. The van der Waals surface area contributed by atoms with Crippen LogP contribution in [-0.2, 0) is 21.2 Å². The minimum Gasteiger partial charge on any atom is -0.399 e. The predicted molar refractivity (Wildman–Crippen MR) is 71.6 cm³/mol. The van der Waals surface area contributed by atoms with Gasteiger partial charge in [0, 0.05) is 25.5 Å². The highest BCUT2D eigenvalue weighted by molar-refractivity contribution is 7.92.